The molecule has 0 saturated heterocycles. The Hall–Kier alpha value is -0.810. The first-order valence-electron chi connectivity index (χ1n) is 5.54. The molecule has 1 aromatic carbocycles. The monoisotopic (exact) mass is 303 g/mol. The average Bonchev–Trinajstić information content (AvgIpc) is 2.74. The van der Waals surface area contributed by atoms with Gasteiger partial charge in [0, 0.05) is 11.1 Å². The van der Waals surface area contributed by atoms with Crippen molar-refractivity contribution < 1.29 is 14.2 Å². The van der Waals surface area contributed by atoms with E-state index in [1.807, 2.05) is 0 Å². The second kappa shape index (κ2) is 4.46. The quantitative estimate of drug-likeness (QED) is 0.883. The van der Waals surface area contributed by atoms with E-state index < -0.39 is 17.1 Å². The largest absolute Gasteiger partial charge is 0.504 e. The zero-order valence-corrected chi connectivity index (χ0v) is 11.2. The highest BCUT2D eigenvalue weighted by atomic mass is 79.9. The van der Waals surface area contributed by atoms with Crippen LogP contribution in [0.4, 0.5) is 4.39 Å². The van der Waals surface area contributed by atoms with E-state index in [0.717, 1.165) is 25.7 Å². The number of rotatable bonds is 2. The first kappa shape index (κ1) is 12.6. The van der Waals surface area contributed by atoms with Gasteiger partial charge in [0.15, 0.2) is 11.5 Å². The zero-order chi connectivity index (χ0) is 12.6. The lowest BCUT2D eigenvalue weighted by atomic mass is 9.88. The molecule has 0 heterocycles. The number of hydrogen-bond donors (Lipinski definition) is 2. The summed E-state index contributed by atoms with van der Waals surface area (Å²) < 4.78 is 19.2. The third-order valence-corrected chi connectivity index (χ3v) is 3.99. The van der Waals surface area contributed by atoms with Gasteiger partial charge >= 0.3 is 0 Å². The number of benzene rings is 1. The van der Waals surface area contributed by atoms with Gasteiger partial charge in [-0.3, -0.25) is 0 Å². The predicted octanol–water partition coefficient (Wildman–Crippen LogP) is 3.03. The second-order valence-corrected chi connectivity index (χ2v) is 5.32. The molecular weight excluding hydrogens is 289 g/mol. The summed E-state index contributed by atoms with van der Waals surface area (Å²) in [6.07, 6.45) is 3.67. The molecule has 0 unspecified atom stereocenters. The smallest absolute Gasteiger partial charge is 0.208 e. The molecule has 0 radical (unpaired) electrons. The third kappa shape index (κ3) is 2.02. The first-order valence-corrected chi connectivity index (χ1v) is 6.33. The maximum absolute atomic E-state index is 13.9. The van der Waals surface area contributed by atoms with Crippen LogP contribution in [-0.4, -0.2) is 12.2 Å². The standard InChI is InChI=1S/C12H15BrFNO2/c1-17-11-7(12(15)4-2-3-5-12)6-8(13)10(16)9(11)14/h6,16H,2-5,15H2,1H3. The predicted molar refractivity (Wildman–Crippen MR) is 66.7 cm³/mol. The molecule has 0 atom stereocenters. The van der Waals surface area contributed by atoms with Gasteiger partial charge in [-0.2, -0.15) is 4.39 Å². The number of hydrogen-bond acceptors (Lipinski definition) is 3. The molecule has 1 aliphatic rings. The fourth-order valence-corrected chi connectivity index (χ4v) is 2.84. The minimum Gasteiger partial charge on any atom is -0.504 e. The fraction of sp³-hybridized carbons (Fsp3) is 0.500. The number of halogens is 2. The Morgan fingerprint density at radius 2 is 2.06 bits per heavy atom. The molecule has 0 aliphatic heterocycles. The molecule has 3 nitrogen and oxygen atoms in total. The molecule has 3 N–H and O–H groups in total. The summed E-state index contributed by atoms with van der Waals surface area (Å²) >= 11 is 3.13. The van der Waals surface area contributed by atoms with E-state index >= 15 is 0 Å². The van der Waals surface area contributed by atoms with Crippen molar-refractivity contribution in [2.24, 2.45) is 5.73 Å². The summed E-state index contributed by atoms with van der Waals surface area (Å²) in [5.41, 5.74) is 6.37. The SMILES string of the molecule is COc1c(C2(N)CCCC2)cc(Br)c(O)c1F. The molecule has 0 amide bonds. The van der Waals surface area contributed by atoms with Crippen LogP contribution in [0.2, 0.25) is 0 Å². The molecule has 0 spiro atoms. The van der Waals surface area contributed by atoms with Crippen LogP contribution in [-0.2, 0) is 5.54 Å². The van der Waals surface area contributed by atoms with Crippen molar-refractivity contribution >= 4 is 15.9 Å². The van der Waals surface area contributed by atoms with Crippen LogP contribution in [0, 0.1) is 5.82 Å². The number of phenolic OH excluding ortho intramolecular Hbond substituents is 1. The van der Waals surface area contributed by atoms with Crippen LogP contribution in [0.5, 0.6) is 11.5 Å². The molecule has 94 valence electrons. The van der Waals surface area contributed by atoms with Crippen molar-refractivity contribution in [3.05, 3.63) is 21.9 Å². The summed E-state index contributed by atoms with van der Waals surface area (Å²) in [7, 11) is 1.38. The Balaban J connectivity index is 2.60. The topological polar surface area (TPSA) is 55.5 Å². The zero-order valence-electron chi connectivity index (χ0n) is 9.59. The highest BCUT2D eigenvalue weighted by Gasteiger charge is 2.36. The Bertz CT molecular complexity index is 445. The first-order chi connectivity index (χ1) is 7.99. The highest BCUT2D eigenvalue weighted by molar-refractivity contribution is 9.10. The van der Waals surface area contributed by atoms with Gasteiger partial charge in [-0.15, -0.1) is 0 Å². The average molecular weight is 304 g/mol. The van der Waals surface area contributed by atoms with Crippen molar-refractivity contribution in [1.82, 2.24) is 0 Å². The Morgan fingerprint density at radius 3 is 2.59 bits per heavy atom. The van der Waals surface area contributed by atoms with Crippen LogP contribution in [0.1, 0.15) is 31.2 Å². The van der Waals surface area contributed by atoms with E-state index in [9.17, 15) is 9.50 Å². The van der Waals surface area contributed by atoms with Gasteiger partial charge in [-0.25, -0.2) is 0 Å². The van der Waals surface area contributed by atoms with E-state index in [0.29, 0.717) is 10.0 Å². The minimum absolute atomic E-state index is 0.0510. The van der Waals surface area contributed by atoms with Crippen molar-refractivity contribution in [3.8, 4) is 11.5 Å². The molecule has 1 saturated carbocycles. The van der Waals surface area contributed by atoms with E-state index in [2.05, 4.69) is 15.9 Å². The highest BCUT2D eigenvalue weighted by Crippen LogP contribution is 2.45. The molecular formula is C12H15BrFNO2. The van der Waals surface area contributed by atoms with Crippen molar-refractivity contribution in [1.29, 1.82) is 0 Å². The van der Waals surface area contributed by atoms with Crippen molar-refractivity contribution in [3.63, 3.8) is 0 Å². The molecule has 0 bridgehead atoms. The molecule has 1 aromatic rings. The molecule has 5 heteroatoms. The van der Waals surface area contributed by atoms with Gasteiger partial charge in [-0.05, 0) is 34.8 Å². The number of ether oxygens (including phenoxy) is 1. The summed E-state index contributed by atoms with van der Waals surface area (Å²) in [5.74, 6) is -1.14. The van der Waals surface area contributed by atoms with E-state index in [1.54, 1.807) is 6.07 Å². The van der Waals surface area contributed by atoms with E-state index in [-0.39, 0.29) is 5.75 Å². The second-order valence-electron chi connectivity index (χ2n) is 4.47. The van der Waals surface area contributed by atoms with Crippen molar-refractivity contribution in [2.75, 3.05) is 7.11 Å². The number of nitrogens with two attached hydrogens (primary N) is 1. The summed E-state index contributed by atoms with van der Waals surface area (Å²) in [5, 5.41) is 9.53. The molecule has 2 rings (SSSR count). The summed E-state index contributed by atoms with van der Waals surface area (Å²) in [4.78, 5) is 0. The van der Waals surface area contributed by atoms with Gasteiger partial charge in [0.2, 0.25) is 5.82 Å². The Morgan fingerprint density at radius 1 is 1.47 bits per heavy atom. The van der Waals surface area contributed by atoms with Crippen LogP contribution in [0.3, 0.4) is 0 Å². The van der Waals surface area contributed by atoms with Crippen molar-refractivity contribution in [2.45, 2.75) is 31.2 Å². The normalized spacial score (nSPS) is 18.4. The number of methoxy groups -OCH3 is 1. The maximum atomic E-state index is 13.9. The van der Waals surface area contributed by atoms with Gasteiger partial charge < -0.3 is 15.6 Å². The maximum Gasteiger partial charge on any atom is 0.208 e. The number of phenols is 1. The lowest BCUT2D eigenvalue weighted by Crippen LogP contribution is -2.33. The molecule has 1 aliphatic carbocycles. The Kier molecular flexibility index (Phi) is 3.32. The lowest BCUT2D eigenvalue weighted by molar-refractivity contribution is 0.340. The van der Waals surface area contributed by atoms with E-state index in [1.165, 1.54) is 7.11 Å². The van der Waals surface area contributed by atoms with Gasteiger partial charge in [0.25, 0.3) is 0 Å². The fourth-order valence-electron chi connectivity index (χ4n) is 2.44. The van der Waals surface area contributed by atoms with E-state index in [4.69, 9.17) is 10.5 Å². The van der Waals surface area contributed by atoms with Gasteiger partial charge in [0.05, 0.1) is 11.6 Å². The number of aromatic hydroxyl groups is 1. The van der Waals surface area contributed by atoms with Crippen LogP contribution in [0.15, 0.2) is 10.5 Å². The Labute approximate surface area is 108 Å². The summed E-state index contributed by atoms with van der Waals surface area (Å²) in [6, 6.07) is 1.66. The van der Waals surface area contributed by atoms with Gasteiger partial charge in [0.1, 0.15) is 0 Å². The lowest BCUT2D eigenvalue weighted by Gasteiger charge is -2.27. The summed E-state index contributed by atoms with van der Waals surface area (Å²) in [6.45, 7) is 0. The third-order valence-electron chi connectivity index (χ3n) is 3.39. The molecule has 1 fully saturated rings. The van der Waals surface area contributed by atoms with Gasteiger partial charge in [-0.1, -0.05) is 12.8 Å². The van der Waals surface area contributed by atoms with Crippen LogP contribution >= 0.6 is 15.9 Å². The van der Waals surface area contributed by atoms with Crippen LogP contribution < -0.4 is 10.5 Å². The minimum atomic E-state index is -0.756. The molecule has 17 heavy (non-hydrogen) atoms. The molecule has 0 aromatic heterocycles. The van der Waals surface area contributed by atoms with Crippen LogP contribution in [0.25, 0.3) is 0 Å².